The molecule has 1 unspecified atom stereocenters. The van der Waals surface area contributed by atoms with Crippen molar-refractivity contribution in [3.8, 4) is 0 Å². The first-order chi connectivity index (χ1) is 14.8. The smallest absolute Gasteiger partial charge is 0.279 e. The lowest BCUT2D eigenvalue weighted by atomic mass is 9.86. The Labute approximate surface area is 186 Å². The van der Waals surface area contributed by atoms with Crippen LogP contribution in [0.25, 0.3) is 0 Å². The van der Waals surface area contributed by atoms with E-state index in [2.05, 4.69) is 10.3 Å². The first kappa shape index (κ1) is 21.1. The molecule has 2 heterocycles. The van der Waals surface area contributed by atoms with Crippen molar-refractivity contribution in [2.75, 3.05) is 5.32 Å². The summed E-state index contributed by atoms with van der Waals surface area (Å²) in [6, 6.07) is 13.3. The lowest BCUT2D eigenvalue weighted by Crippen LogP contribution is -2.33. The molecule has 4 rings (SSSR count). The van der Waals surface area contributed by atoms with Crippen molar-refractivity contribution in [1.82, 2.24) is 9.55 Å². The summed E-state index contributed by atoms with van der Waals surface area (Å²) in [4.78, 5) is 40.0. The molecule has 2 aromatic carbocycles. The van der Waals surface area contributed by atoms with Crippen LogP contribution in [0, 0.1) is 10.1 Å². The van der Waals surface area contributed by atoms with Crippen LogP contribution in [0.3, 0.4) is 0 Å². The number of anilines is 1. The van der Waals surface area contributed by atoms with Gasteiger partial charge in [0.05, 0.1) is 10.5 Å². The molecule has 8 nitrogen and oxygen atoms in total. The molecule has 31 heavy (non-hydrogen) atoms. The molecular formula is C21H17ClN4O4S. The number of thioether (sulfide) groups is 1. The van der Waals surface area contributed by atoms with Crippen molar-refractivity contribution in [2.45, 2.75) is 23.2 Å². The van der Waals surface area contributed by atoms with Crippen LogP contribution in [-0.2, 0) is 17.6 Å². The highest BCUT2D eigenvalue weighted by atomic mass is 35.5. The van der Waals surface area contributed by atoms with Gasteiger partial charge in [0.1, 0.15) is 5.82 Å². The zero-order valence-electron chi connectivity index (χ0n) is 16.4. The van der Waals surface area contributed by atoms with Crippen LogP contribution in [0.15, 0.2) is 58.5 Å². The van der Waals surface area contributed by atoms with Gasteiger partial charge in [-0.3, -0.25) is 19.7 Å². The van der Waals surface area contributed by atoms with Gasteiger partial charge in [-0.05, 0) is 17.2 Å². The number of hydrogen-bond acceptors (Lipinski definition) is 6. The number of nitrogens with zero attached hydrogens (tertiary/aromatic N) is 3. The second-order valence-electron chi connectivity index (χ2n) is 7.05. The maximum atomic E-state index is 13.0. The van der Waals surface area contributed by atoms with Crippen molar-refractivity contribution in [2.24, 2.45) is 7.05 Å². The fourth-order valence-corrected chi connectivity index (χ4v) is 4.79. The summed E-state index contributed by atoms with van der Waals surface area (Å²) >= 11 is 7.56. The van der Waals surface area contributed by atoms with Gasteiger partial charge in [-0.15, -0.1) is 0 Å². The van der Waals surface area contributed by atoms with Crippen molar-refractivity contribution < 1.29 is 9.72 Å². The number of halogens is 1. The number of benzene rings is 2. The van der Waals surface area contributed by atoms with E-state index in [0.29, 0.717) is 32.9 Å². The Hall–Kier alpha value is -3.17. The van der Waals surface area contributed by atoms with Crippen LogP contribution < -0.4 is 10.9 Å². The molecule has 0 aliphatic carbocycles. The first-order valence-corrected chi connectivity index (χ1v) is 10.7. The average molecular weight is 457 g/mol. The molecule has 3 aromatic rings. The van der Waals surface area contributed by atoms with Crippen molar-refractivity contribution in [1.29, 1.82) is 0 Å². The van der Waals surface area contributed by atoms with Gasteiger partial charge >= 0.3 is 0 Å². The average Bonchev–Trinajstić information content (AvgIpc) is 2.75. The predicted octanol–water partition coefficient (Wildman–Crippen LogP) is 4.11. The molecule has 158 valence electrons. The summed E-state index contributed by atoms with van der Waals surface area (Å²) in [6.07, 6.45) is 0.0633. The number of carbonyl (C=O) groups excluding carboxylic acids is 1. The Balaban J connectivity index is 1.71. The number of nitro groups is 1. The highest BCUT2D eigenvalue weighted by Gasteiger charge is 2.32. The molecule has 0 saturated carbocycles. The largest absolute Gasteiger partial charge is 0.312 e. The number of hydrogen-bond donors (Lipinski definition) is 1. The fraction of sp³-hybridized carbons (Fsp3) is 0.190. The molecule has 10 heteroatoms. The van der Waals surface area contributed by atoms with Gasteiger partial charge in [0.2, 0.25) is 5.91 Å². The maximum Gasteiger partial charge on any atom is 0.279 e. The number of aromatic nitrogens is 2. The van der Waals surface area contributed by atoms with Gasteiger partial charge in [0, 0.05) is 42.3 Å². The summed E-state index contributed by atoms with van der Waals surface area (Å²) in [7, 11) is 1.73. The Morgan fingerprint density at radius 2 is 1.94 bits per heavy atom. The third-order valence-electron chi connectivity index (χ3n) is 5.12. The molecule has 1 amide bonds. The highest BCUT2D eigenvalue weighted by Crippen LogP contribution is 2.36. The standard InChI is InChI=1S/C21H17ClN4O4S/c1-25-19-18(20(28)24-21(25)31-11-13-4-2-3-5-16(13)22)15(10-17(27)23-19)12-6-8-14(9-7-12)26(29)30/h2-9,15H,10-11H2,1H3,(H,23,27). The minimum atomic E-state index is -0.529. The van der Waals surface area contributed by atoms with Crippen LogP contribution in [0.1, 0.15) is 29.0 Å². The Morgan fingerprint density at radius 1 is 1.23 bits per heavy atom. The molecule has 1 aliphatic rings. The van der Waals surface area contributed by atoms with E-state index in [1.807, 2.05) is 18.2 Å². The molecule has 1 atom stereocenters. The molecule has 1 aromatic heterocycles. The van der Waals surface area contributed by atoms with Gasteiger partial charge in [0.15, 0.2) is 5.16 Å². The lowest BCUT2D eigenvalue weighted by Gasteiger charge is -2.27. The number of amides is 1. The topological polar surface area (TPSA) is 107 Å². The number of rotatable bonds is 5. The van der Waals surface area contributed by atoms with E-state index in [1.54, 1.807) is 29.8 Å². The minimum Gasteiger partial charge on any atom is -0.312 e. The van der Waals surface area contributed by atoms with Gasteiger partial charge in [0.25, 0.3) is 11.2 Å². The molecule has 1 N–H and O–H groups in total. The Bertz CT molecular complexity index is 1240. The molecule has 0 radical (unpaired) electrons. The third-order valence-corrected chi connectivity index (χ3v) is 6.57. The number of non-ortho nitro benzene ring substituents is 1. The monoisotopic (exact) mass is 456 g/mol. The van der Waals surface area contributed by atoms with E-state index in [4.69, 9.17) is 11.6 Å². The molecule has 1 aliphatic heterocycles. The molecule has 0 spiro atoms. The molecule has 0 saturated heterocycles. The number of carbonyl (C=O) groups is 1. The lowest BCUT2D eigenvalue weighted by molar-refractivity contribution is -0.384. The highest BCUT2D eigenvalue weighted by molar-refractivity contribution is 7.98. The van der Waals surface area contributed by atoms with E-state index in [9.17, 15) is 19.7 Å². The number of fused-ring (bicyclic) bond motifs is 1. The third kappa shape index (κ3) is 4.19. The second kappa shape index (κ2) is 8.52. The van der Waals surface area contributed by atoms with Crippen LogP contribution in [0.4, 0.5) is 11.5 Å². The van der Waals surface area contributed by atoms with Crippen LogP contribution >= 0.6 is 23.4 Å². The summed E-state index contributed by atoms with van der Waals surface area (Å²) in [5.74, 6) is 0.136. The van der Waals surface area contributed by atoms with E-state index in [0.717, 1.165) is 5.56 Å². The molecule has 0 fully saturated rings. The van der Waals surface area contributed by atoms with Gasteiger partial charge in [-0.2, -0.15) is 4.98 Å². The second-order valence-corrected chi connectivity index (χ2v) is 8.40. The van der Waals surface area contributed by atoms with Crippen LogP contribution in [0.5, 0.6) is 0 Å². The fourth-order valence-electron chi connectivity index (χ4n) is 3.54. The zero-order valence-corrected chi connectivity index (χ0v) is 17.9. The summed E-state index contributed by atoms with van der Waals surface area (Å²) < 4.78 is 1.69. The van der Waals surface area contributed by atoms with E-state index in [1.165, 1.54) is 23.9 Å². The van der Waals surface area contributed by atoms with Gasteiger partial charge in [-0.1, -0.05) is 53.7 Å². The summed E-state index contributed by atoms with van der Waals surface area (Å²) in [5.41, 5.74) is 1.45. The minimum absolute atomic E-state index is 0.0541. The van der Waals surface area contributed by atoms with E-state index >= 15 is 0 Å². The normalized spacial score (nSPS) is 15.3. The van der Waals surface area contributed by atoms with Crippen molar-refractivity contribution in [3.63, 3.8) is 0 Å². The maximum absolute atomic E-state index is 13.0. The van der Waals surface area contributed by atoms with Crippen LogP contribution in [0.2, 0.25) is 5.02 Å². The quantitative estimate of drug-likeness (QED) is 0.268. The van der Waals surface area contributed by atoms with Gasteiger partial charge in [-0.25, -0.2) is 0 Å². The number of nitrogens with one attached hydrogen (secondary N) is 1. The predicted molar refractivity (Wildman–Crippen MR) is 119 cm³/mol. The molecular weight excluding hydrogens is 440 g/mol. The SMILES string of the molecule is Cn1c(SCc2ccccc2Cl)nc(=O)c2c1NC(=O)CC2c1ccc([N+](=O)[O-])cc1. The van der Waals surface area contributed by atoms with Crippen molar-refractivity contribution in [3.05, 3.63) is 90.7 Å². The van der Waals surface area contributed by atoms with Crippen LogP contribution in [-0.4, -0.2) is 20.4 Å². The molecule has 0 bridgehead atoms. The van der Waals surface area contributed by atoms with Crippen molar-refractivity contribution >= 4 is 40.8 Å². The first-order valence-electron chi connectivity index (χ1n) is 9.36. The Morgan fingerprint density at radius 3 is 2.61 bits per heavy atom. The van der Waals surface area contributed by atoms with E-state index < -0.39 is 16.4 Å². The Kier molecular flexibility index (Phi) is 5.79. The summed E-state index contributed by atoms with van der Waals surface area (Å²) in [5, 5.41) is 14.8. The zero-order chi connectivity index (χ0) is 22.1. The van der Waals surface area contributed by atoms with E-state index in [-0.39, 0.29) is 18.0 Å². The summed E-state index contributed by atoms with van der Waals surface area (Å²) in [6.45, 7) is 0. The van der Waals surface area contributed by atoms with Gasteiger partial charge < -0.3 is 9.88 Å². The number of nitro benzene ring substituents is 1.